The number of hydrogen-bond donors (Lipinski definition) is 0. The maximum atomic E-state index is 4.79. The number of hydrogen-bond acceptors (Lipinski definition) is 2. The molecule has 0 atom stereocenters. The maximum Gasteiger partial charge on any atom is 0.0669 e. The number of fused-ring (bicyclic) bond motifs is 1. The molecule has 34 heavy (non-hydrogen) atoms. The fourth-order valence-electron chi connectivity index (χ4n) is 4.45. The molecule has 2 heteroatoms. The van der Waals surface area contributed by atoms with Crippen molar-refractivity contribution in [3.05, 3.63) is 106 Å². The van der Waals surface area contributed by atoms with Gasteiger partial charge in [0.25, 0.3) is 0 Å². The van der Waals surface area contributed by atoms with Crippen molar-refractivity contribution in [3.63, 3.8) is 0 Å². The SMILES string of the molecule is C=C(/C=C(\C=C/C)c1cc(C)c(CN2N=Cc3cc(C(C)(C)C)cc(C)c3C2=C)cc1C)CC. The van der Waals surface area contributed by atoms with Crippen LogP contribution in [0.25, 0.3) is 11.3 Å². The Balaban J connectivity index is 1.94. The third-order valence-corrected chi connectivity index (χ3v) is 6.64. The molecular formula is C32H40N2. The van der Waals surface area contributed by atoms with Crippen LogP contribution in [0.5, 0.6) is 0 Å². The highest BCUT2D eigenvalue weighted by Gasteiger charge is 2.23. The maximum absolute atomic E-state index is 4.79. The average molecular weight is 453 g/mol. The first-order valence-electron chi connectivity index (χ1n) is 12.2. The van der Waals surface area contributed by atoms with Crippen LogP contribution in [-0.4, -0.2) is 11.2 Å². The minimum atomic E-state index is 0.103. The third-order valence-electron chi connectivity index (χ3n) is 6.64. The molecule has 0 unspecified atom stereocenters. The zero-order chi connectivity index (χ0) is 25.2. The molecule has 1 heterocycles. The van der Waals surface area contributed by atoms with Crippen LogP contribution in [0.1, 0.15) is 85.5 Å². The molecule has 0 saturated heterocycles. The van der Waals surface area contributed by atoms with Crippen LogP contribution in [0, 0.1) is 20.8 Å². The van der Waals surface area contributed by atoms with E-state index in [4.69, 9.17) is 5.10 Å². The quantitative estimate of drug-likeness (QED) is 0.400. The van der Waals surface area contributed by atoms with Crippen LogP contribution in [0.4, 0.5) is 0 Å². The van der Waals surface area contributed by atoms with Gasteiger partial charge in [-0.1, -0.05) is 82.9 Å². The highest BCUT2D eigenvalue weighted by Crippen LogP contribution is 2.34. The van der Waals surface area contributed by atoms with Crippen molar-refractivity contribution >= 4 is 17.5 Å². The summed E-state index contributed by atoms with van der Waals surface area (Å²) in [5.41, 5.74) is 13.4. The van der Waals surface area contributed by atoms with Gasteiger partial charge in [0.15, 0.2) is 0 Å². The van der Waals surface area contributed by atoms with E-state index in [2.05, 4.69) is 111 Å². The van der Waals surface area contributed by atoms with Crippen molar-refractivity contribution in [1.82, 2.24) is 5.01 Å². The Bertz CT molecular complexity index is 1210. The second kappa shape index (κ2) is 10.0. The fourth-order valence-corrected chi connectivity index (χ4v) is 4.45. The van der Waals surface area contributed by atoms with E-state index < -0.39 is 0 Å². The van der Waals surface area contributed by atoms with Gasteiger partial charge in [0.1, 0.15) is 0 Å². The van der Waals surface area contributed by atoms with Crippen LogP contribution < -0.4 is 0 Å². The second-order valence-electron chi connectivity index (χ2n) is 10.5. The molecule has 0 radical (unpaired) electrons. The van der Waals surface area contributed by atoms with Crippen molar-refractivity contribution < 1.29 is 0 Å². The topological polar surface area (TPSA) is 15.6 Å². The highest BCUT2D eigenvalue weighted by molar-refractivity contribution is 5.91. The Morgan fingerprint density at radius 2 is 1.74 bits per heavy atom. The molecule has 1 aliphatic rings. The molecule has 2 nitrogen and oxygen atoms in total. The number of allylic oxidation sites excluding steroid dienone is 5. The first-order valence-corrected chi connectivity index (χ1v) is 12.2. The van der Waals surface area contributed by atoms with E-state index in [9.17, 15) is 0 Å². The first kappa shape index (κ1) is 25.5. The molecule has 0 fully saturated rings. The molecule has 2 aromatic carbocycles. The Morgan fingerprint density at radius 1 is 1.03 bits per heavy atom. The standard InChI is InChI=1S/C32H40N2/c1-11-13-26(14-21(3)12-2)30-17-22(4)28(15-23(30)5)20-34-25(7)31-24(6)16-29(32(8,9)10)18-27(31)19-33-34/h11,13-19H,3,7,12,20H2,1-2,4-6,8-10H3/b13-11-,26-14+. The van der Waals surface area contributed by atoms with Crippen LogP contribution in [0.15, 0.2) is 66.3 Å². The van der Waals surface area contributed by atoms with Crippen LogP contribution >= 0.6 is 0 Å². The number of nitrogens with zero attached hydrogens (tertiary/aromatic N) is 2. The van der Waals surface area contributed by atoms with Crippen molar-refractivity contribution in [2.24, 2.45) is 5.10 Å². The van der Waals surface area contributed by atoms with Gasteiger partial charge in [0, 0.05) is 11.1 Å². The molecule has 0 aromatic heterocycles. The van der Waals surface area contributed by atoms with Gasteiger partial charge < -0.3 is 0 Å². The van der Waals surface area contributed by atoms with Gasteiger partial charge >= 0.3 is 0 Å². The zero-order valence-electron chi connectivity index (χ0n) is 22.3. The third kappa shape index (κ3) is 5.33. The van der Waals surface area contributed by atoms with E-state index in [-0.39, 0.29) is 5.41 Å². The van der Waals surface area contributed by atoms with Crippen molar-refractivity contribution in [1.29, 1.82) is 0 Å². The van der Waals surface area contributed by atoms with Gasteiger partial charge in [-0.05, 0) is 84.6 Å². The molecule has 0 bridgehead atoms. The summed E-state index contributed by atoms with van der Waals surface area (Å²) in [4.78, 5) is 0. The molecule has 178 valence electrons. The second-order valence-corrected chi connectivity index (χ2v) is 10.5. The number of benzene rings is 2. The molecule has 0 saturated carbocycles. The summed E-state index contributed by atoms with van der Waals surface area (Å²) in [6.45, 7) is 26.8. The molecule has 3 rings (SSSR count). The summed E-state index contributed by atoms with van der Waals surface area (Å²) in [6, 6.07) is 9.15. The summed E-state index contributed by atoms with van der Waals surface area (Å²) < 4.78 is 0. The van der Waals surface area contributed by atoms with Gasteiger partial charge in [-0.3, -0.25) is 5.01 Å². The van der Waals surface area contributed by atoms with Gasteiger partial charge in [-0.15, -0.1) is 0 Å². The van der Waals surface area contributed by atoms with Crippen LogP contribution in [0.2, 0.25) is 0 Å². The van der Waals surface area contributed by atoms with E-state index in [1.165, 1.54) is 44.5 Å². The molecule has 0 spiro atoms. The Kier molecular flexibility index (Phi) is 7.51. The number of hydrazone groups is 1. The number of aryl methyl sites for hydroxylation is 3. The molecule has 2 aromatic rings. The van der Waals surface area contributed by atoms with Crippen LogP contribution in [0.3, 0.4) is 0 Å². The zero-order valence-corrected chi connectivity index (χ0v) is 22.3. The fraction of sp³-hybridized carbons (Fsp3) is 0.344. The van der Waals surface area contributed by atoms with E-state index in [1.807, 2.05) is 11.2 Å². The van der Waals surface area contributed by atoms with E-state index in [0.717, 1.165) is 23.3 Å². The minimum absolute atomic E-state index is 0.103. The summed E-state index contributed by atoms with van der Waals surface area (Å²) >= 11 is 0. The predicted octanol–water partition coefficient (Wildman–Crippen LogP) is 8.66. The summed E-state index contributed by atoms with van der Waals surface area (Å²) in [6.07, 6.45) is 9.40. The predicted molar refractivity (Wildman–Crippen MR) is 150 cm³/mol. The summed E-state index contributed by atoms with van der Waals surface area (Å²) in [7, 11) is 0. The lowest BCUT2D eigenvalue weighted by Crippen LogP contribution is -2.22. The van der Waals surface area contributed by atoms with Crippen molar-refractivity contribution in [2.75, 3.05) is 0 Å². The molecular weight excluding hydrogens is 412 g/mol. The minimum Gasteiger partial charge on any atom is -0.261 e. The molecule has 0 N–H and O–H groups in total. The number of rotatable bonds is 6. The van der Waals surface area contributed by atoms with Gasteiger partial charge in [0.05, 0.1) is 18.5 Å². The monoisotopic (exact) mass is 452 g/mol. The largest absolute Gasteiger partial charge is 0.261 e. The highest BCUT2D eigenvalue weighted by atomic mass is 15.5. The van der Waals surface area contributed by atoms with Gasteiger partial charge in [-0.25, -0.2) is 0 Å². The smallest absolute Gasteiger partial charge is 0.0669 e. The summed E-state index contributed by atoms with van der Waals surface area (Å²) in [5.74, 6) is 0. The lowest BCUT2D eigenvalue weighted by atomic mass is 9.83. The van der Waals surface area contributed by atoms with Crippen LogP contribution in [-0.2, 0) is 12.0 Å². The van der Waals surface area contributed by atoms with Crippen molar-refractivity contribution in [2.45, 2.75) is 73.8 Å². The Hall–Kier alpha value is -3.13. The molecule has 0 amide bonds. The molecule has 1 aliphatic heterocycles. The van der Waals surface area contributed by atoms with Gasteiger partial charge in [-0.2, -0.15) is 5.10 Å². The Morgan fingerprint density at radius 3 is 2.35 bits per heavy atom. The van der Waals surface area contributed by atoms with Gasteiger partial charge in [0.2, 0.25) is 0 Å². The van der Waals surface area contributed by atoms with E-state index in [1.54, 1.807) is 0 Å². The first-order chi connectivity index (χ1) is 16.0. The van der Waals surface area contributed by atoms with Crippen molar-refractivity contribution in [3.8, 4) is 0 Å². The summed E-state index contributed by atoms with van der Waals surface area (Å²) in [5, 5.41) is 6.83. The normalized spacial score (nSPS) is 14.2. The average Bonchev–Trinajstić information content (AvgIpc) is 2.76. The van der Waals surface area contributed by atoms with E-state index in [0.29, 0.717) is 6.54 Å². The lowest BCUT2D eigenvalue weighted by molar-refractivity contribution is 0.413. The lowest BCUT2D eigenvalue weighted by Gasteiger charge is -2.30. The Labute approximate surface area is 207 Å². The molecule has 0 aliphatic carbocycles. The van der Waals surface area contributed by atoms with E-state index >= 15 is 0 Å².